The Morgan fingerprint density at radius 3 is 2.46 bits per heavy atom. The standard InChI is InChI=1S/C28H32N2O4S/c1-7-30-23-16-24(33-6)20(14-22(23)19(3)17-28(30,4)5)15-25-26(31)29(27(32)35-25)12-13-34-21-10-8-18(2)9-11-21/h8-11,14-17H,7,12-13H2,1-6H3/b25-15+. The van der Waals surface area contributed by atoms with E-state index in [1.54, 1.807) is 13.2 Å². The predicted octanol–water partition coefficient (Wildman–Crippen LogP) is 6.14. The Balaban J connectivity index is 1.56. The normalized spacial score (nSPS) is 18.1. The van der Waals surface area contributed by atoms with Crippen LogP contribution in [0.25, 0.3) is 11.6 Å². The zero-order chi connectivity index (χ0) is 25.3. The second-order valence-electron chi connectivity index (χ2n) is 9.33. The number of allylic oxidation sites excluding steroid dienone is 1. The van der Waals surface area contributed by atoms with E-state index in [4.69, 9.17) is 9.47 Å². The molecule has 4 rings (SSSR count). The third-order valence-electron chi connectivity index (χ3n) is 6.41. The summed E-state index contributed by atoms with van der Waals surface area (Å²) in [6, 6.07) is 11.8. The van der Waals surface area contributed by atoms with Gasteiger partial charge in [0.2, 0.25) is 0 Å². The quantitative estimate of drug-likeness (QED) is 0.433. The number of benzene rings is 2. The van der Waals surface area contributed by atoms with Gasteiger partial charge in [0.1, 0.15) is 18.1 Å². The number of anilines is 1. The van der Waals surface area contributed by atoms with E-state index in [1.165, 1.54) is 10.5 Å². The molecule has 0 radical (unpaired) electrons. The van der Waals surface area contributed by atoms with Crippen LogP contribution in [0, 0.1) is 6.92 Å². The number of hydrogen-bond acceptors (Lipinski definition) is 6. The average molecular weight is 493 g/mol. The molecule has 2 aromatic rings. The Hall–Kier alpha value is -3.19. The molecule has 0 aromatic heterocycles. The highest BCUT2D eigenvalue weighted by Gasteiger charge is 2.36. The van der Waals surface area contributed by atoms with Crippen molar-refractivity contribution in [2.75, 3.05) is 31.7 Å². The number of methoxy groups -OCH3 is 1. The molecule has 35 heavy (non-hydrogen) atoms. The number of rotatable bonds is 7. The van der Waals surface area contributed by atoms with Gasteiger partial charge < -0.3 is 14.4 Å². The van der Waals surface area contributed by atoms with Gasteiger partial charge in [-0.2, -0.15) is 0 Å². The van der Waals surface area contributed by atoms with E-state index >= 15 is 0 Å². The first-order chi connectivity index (χ1) is 16.6. The summed E-state index contributed by atoms with van der Waals surface area (Å²) >= 11 is 0.949. The summed E-state index contributed by atoms with van der Waals surface area (Å²) < 4.78 is 11.4. The van der Waals surface area contributed by atoms with Gasteiger partial charge in [0.15, 0.2) is 0 Å². The number of amides is 2. The maximum Gasteiger partial charge on any atom is 0.293 e. The van der Waals surface area contributed by atoms with E-state index in [0.29, 0.717) is 16.4 Å². The fourth-order valence-corrected chi connectivity index (χ4v) is 5.57. The first kappa shape index (κ1) is 24.9. The lowest BCUT2D eigenvalue weighted by atomic mass is 9.87. The summed E-state index contributed by atoms with van der Waals surface area (Å²) in [5.74, 6) is 1.07. The fourth-order valence-electron chi connectivity index (χ4n) is 4.71. The van der Waals surface area contributed by atoms with Crippen molar-refractivity contribution in [3.05, 3.63) is 64.1 Å². The van der Waals surface area contributed by atoms with Crippen LogP contribution in [-0.4, -0.2) is 48.4 Å². The second-order valence-corrected chi connectivity index (χ2v) is 10.3. The molecule has 1 saturated heterocycles. The summed E-state index contributed by atoms with van der Waals surface area (Å²) in [4.78, 5) is 29.6. The molecule has 0 spiro atoms. The van der Waals surface area contributed by atoms with Crippen molar-refractivity contribution in [1.29, 1.82) is 0 Å². The summed E-state index contributed by atoms with van der Waals surface area (Å²) in [6.07, 6.45) is 4.02. The molecule has 2 aliphatic heterocycles. The number of fused-ring (bicyclic) bond motifs is 1. The summed E-state index contributed by atoms with van der Waals surface area (Å²) in [7, 11) is 1.63. The molecule has 0 unspecified atom stereocenters. The predicted molar refractivity (Wildman–Crippen MR) is 143 cm³/mol. The van der Waals surface area contributed by atoms with Gasteiger partial charge in [-0.05, 0) is 76.2 Å². The Morgan fingerprint density at radius 1 is 1.09 bits per heavy atom. The van der Waals surface area contributed by atoms with E-state index in [1.807, 2.05) is 43.3 Å². The van der Waals surface area contributed by atoms with Gasteiger partial charge in [0.05, 0.1) is 24.1 Å². The summed E-state index contributed by atoms with van der Waals surface area (Å²) in [5, 5.41) is -0.291. The molecule has 0 N–H and O–H groups in total. The monoisotopic (exact) mass is 492 g/mol. The topological polar surface area (TPSA) is 59.1 Å². The van der Waals surface area contributed by atoms with Gasteiger partial charge in [0.25, 0.3) is 11.1 Å². The van der Waals surface area contributed by atoms with E-state index in [-0.39, 0.29) is 29.8 Å². The molecule has 184 valence electrons. The zero-order valence-electron chi connectivity index (χ0n) is 21.2. The van der Waals surface area contributed by atoms with Crippen LogP contribution in [0.1, 0.15) is 44.4 Å². The number of carbonyl (C=O) groups is 2. The molecule has 2 aliphatic rings. The van der Waals surface area contributed by atoms with Crippen LogP contribution in [0.3, 0.4) is 0 Å². The Morgan fingerprint density at radius 2 is 1.80 bits per heavy atom. The first-order valence-electron chi connectivity index (χ1n) is 11.8. The molecule has 1 fully saturated rings. The van der Waals surface area contributed by atoms with Gasteiger partial charge in [-0.15, -0.1) is 0 Å². The minimum Gasteiger partial charge on any atom is -0.496 e. The fraction of sp³-hybridized carbons (Fsp3) is 0.357. The summed E-state index contributed by atoms with van der Waals surface area (Å²) in [6.45, 7) is 11.9. The van der Waals surface area contributed by atoms with Crippen LogP contribution >= 0.6 is 11.8 Å². The van der Waals surface area contributed by atoms with Crippen molar-refractivity contribution >= 4 is 40.2 Å². The molecule has 0 saturated carbocycles. The lowest BCUT2D eigenvalue weighted by Crippen LogP contribution is -2.44. The van der Waals surface area contributed by atoms with Crippen molar-refractivity contribution in [3.63, 3.8) is 0 Å². The Bertz CT molecular complexity index is 1210. The van der Waals surface area contributed by atoms with Gasteiger partial charge >= 0.3 is 0 Å². The summed E-state index contributed by atoms with van der Waals surface area (Å²) in [5.41, 5.74) is 5.19. The van der Waals surface area contributed by atoms with E-state index < -0.39 is 0 Å². The van der Waals surface area contributed by atoms with Gasteiger partial charge in [0, 0.05) is 29.4 Å². The lowest BCUT2D eigenvalue weighted by Gasteiger charge is -2.43. The van der Waals surface area contributed by atoms with E-state index in [2.05, 4.69) is 38.7 Å². The molecular formula is C28H32N2O4S. The number of imide groups is 1. The Kier molecular flexibility index (Phi) is 6.99. The number of thioether (sulfide) groups is 1. The van der Waals surface area contributed by atoms with Crippen LogP contribution in [0.15, 0.2) is 47.4 Å². The highest BCUT2D eigenvalue weighted by Crippen LogP contribution is 2.43. The minimum absolute atomic E-state index is 0.109. The van der Waals surface area contributed by atoms with Crippen molar-refractivity contribution in [2.24, 2.45) is 0 Å². The van der Waals surface area contributed by atoms with Crippen LogP contribution in [0.4, 0.5) is 10.5 Å². The van der Waals surface area contributed by atoms with Crippen LogP contribution in [-0.2, 0) is 4.79 Å². The highest BCUT2D eigenvalue weighted by atomic mass is 32.2. The van der Waals surface area contributed by atoms with Crippen molar-refractivity contribution in [1.82, 2.24) is 4.90 Å². The molecule has 0 aliphatic carbocycles. The molecule has 0 atom stereocenters. The average Bonchev–Trinajstić information content (AvgIpc) is 3.07. The molecule has 2 aromatic carbocycles. The molecule has 2 heterocycles. The molecule has 2 amide bonds. The third kappa shape index (κ3) is 4.96. The van der Waals surface area contributed by atoms with Crippen molar-refractivity contribution in [2.45, 2.75) is 40.2 Å². The van der Waals surface area contributed by atoms with Crippen molar-refractivity contribution in [3.8, 4) is 11.5 Å². The SMILES string of the molecule is CCN1c2cc(OC)c(/C=C3/SC(=O)N(CCOc4ccc(C)cc4)C3=O)cc2C(C)=CC1(C)C. The number of ether oxygens (including phenoxy) is 2. The lowest BCUT2D eigenvalue weighted by molar-refractivity contribution is -0.123. The Labute approximate surface area is 211 Å². The van der Waals surface area contributed by atoms with Crippen LogP contribution in [0.2, 0.25) is 0 Å². The third-order valence-corrected chi connectivity index (χ3v) is 7.32. The van der Waals surface area contributed by atoms with Gasteiger partial charge in [-0.3, -0.25) is 14.5 Å². The van der Waals surface area contributed by atoms with Gasteiger partial charge in [-0.25, -0.2) is 0 Å². The maximum absolute atomic E-state index is 13.0. The molecule has 6 nitrogen and oxygen atoms in total. The molecule has 0 bridgehead atoms. The smallest absolute Gasteiger partial charge is 0.293 e. The second kappa shape index (κ2) is 9.82. The number of nitrogens with zero attached hydrogens (tertiary/aromatic N) is 2. The van der Waals surface area contributed by atoms with Gasteiger partial charge in [-0.1, -0.05) is 23.8 Å². The number of carbonyl (C=O) groups excluding carboxylic acids is 2. The zero-order valence-corrected chi connectivity index (χ0v) is 22.0. The van der Waals surface area contributed by atoms with E-state index in [9.17, 15) is 9.59 Å². The molecular weight excluding hydrogens is 460 g/mol. The number of aryl methyl sites for hydroxylation is 1. The van der Waals surface area contributed by atoms with Crippen LogP contribution < -0.4 is 14.4 Å². The van der Waals surface area contributed by atoms with Crippen molar-refractivity contribution < 1.29 is 19.1 Å². The molecule has 7 heteroatoms. The maximum atomic E-state index is 13.0. The highest BCUT2D eigenvalue weighted by molar-refractivity contribution is 8.18. The van der Waals surface area contributed by atoms with Crippen LogP contribution in [0.5, 0.6) is 11.5 Å². The largest absolute Gasteiger partial charge is 0.496 e. The number of hydrogen-bond donors (Lipinski definition) is 0. The minimum atomic E-state index is -0.309. The number of likely N-dealkylation sites (N-methyl/N-ethyl adjacent to an activating group) is 1. The first-order valence-corrected chi connectivity index (χ1v) is 12.6. The van der Waals surface area contributed by atoms with E-state index in [0.717, 1.165) is 40.7 Å².